The maximum absolute atomic E-state index is 15.0. The average Bonchev–Trinajstić information content (AvgIpc) is 2.90. The second kappa shape index (κ2) is 12.0. The lowest BCUT2D eigenvalue weighted by molar-refractivity contribution is -0.444. The van der Waals surface area contributed by atoms with E-state index in [-0.39, 0.29) is 6.92 Å². The molecule has 0 saturated carbocycles. The summed E-state index contributed by atoms with van der Waals surface area (Å²) in [6, 6.07) is -2.99. The Kier molecular flexibility index (Phi) is 10.7. The minimum atomic E-state index is -8.93. The lowest BCUT2D eigenvalue weighted by Crippen LogP contribution is -2.70. The van der Waals surface area contributed by atoms with Crippen molar-refractivity contribution in [3.05, 3.63) is 34.4 Å². The Morgan fingerprint density at radius 2 is 0.720 bits per heavy atom. The van der Waals surface area contributed by atoms with E-state index < -0.39 is 119 Å². The van der Waals surface area contributed by atoms with Crippen LogP contribution < -0.4 is 0 Å². The van der Waals surface area contributed by atoms with Crippen LogP contribution in [0.4, 0.5) is 114 Å². The first-order valence-corrected chi connectivity index (χ1v) is 11.7. The van der Waals surface area contributed by atoms with Gasteiger partial charge < -0.3 is 4.74 Å². The number of alkyl halides is 26. The molecule has 0 aliphatic carbocycles. The van der Waals surface area contributed by atoms with Crippen molar-refractivity contribution in [2.45, 2.75) is 85.4 Å². The largest absolute Gasteiger partial charge is 0.462 e. The van der Waals surface area contributed by atoms with Crippen molar-refractivity contribution in [2.75, 3.05) is 6.61 Å². The van der Waals surface area contributed by atoms with Gasteiger partial charge in [0.15, 0.2) is 0 Å². The van der Waals surface area contributed by atoms with Crippen LogP contribution in [0.5, 0.6) is 0 Å². The molecule has 50 heavy (non-hydrogen) atoms. The van der Waals surface area contributed by atoms with E-state index >= 15 is 8.78 Å². The summed E-state index contributed by atoms with van der Waals surface area (Å²) < 4.78 is 360. The molecule has 292 valence electrons. The molecule has 1 rings (SSSR count). The lowest BCUT2D eigenvalue weighted by Gasteiger charge is -2.42. The molecule has 0 N–H and O–H groups in total. The SMILES string of the molecule is CCOC(=O)c1cc(C(F)(F)C(F)(F)C(F)(F)C(F)(F)C(F)(F)C(F)(F)F)c(C(F)(F)C(F)(F)C(F)(F)C(F)(F)C(F)(F)C(F)(F)F)cc1C. The molecule has 0 saturated heterocycles. The molecule has 0 heterocycles. The molecular weight excluding hydrogens is 790 g/mol. The highest BCUT2D eigenvalue weighted by molar-refractivity contribution is 5.91. The van der Waals surface area contributed by atoms with E-state index in [1.54, 1.807) is 0 Å². The number of carbonyl (C=O) groups excluding carboxylic acids is 1. The molecule has 0 atom stereocenters. The van der Waals surface area contributed by atoms with Crippen LogP contribution in [-0.4, -0.2) is 72.3 Å². The number of esters is 1. The maximum atomic E-state index is 15.0. The second-order valence-corrected chi connectivity index (χ2v) is 9.67. The summed E-state index contributed by atoms with van der Waals surface area (Å²) >= 11 is 0. The van der Waals surface area contributed by atoms with Crippen LogP contribution in [0.1, 0.15) is 34.0 Å². The van der Waals surface area contributed by atoms with Crippen molar-refractivity contribution < 1.29 is 124 Å². The molecule has 2 nitrogen and oxygen atoms in total. The fourth-order valence-electron chi connectivity index (χ4n) is 3.53. The van der Waals surface area contributed by atoms with Crippen LogP contribution in [0.2, 0.25) is 0 Å². The minimum absolute atomic E-state index is 0.0127. The number of aryl methyl sites for hydroxylation is 1. The molecule has 0 aliphatic heterocycles. The Morgan fingerprint density at radius 3 is 0.980 bits per heavy atom. The molecule has 0 spiro atoms. The van der Waals surface area contributed by atoms with E-state index in [9.17, 15) is 110 Å². The quantitative estimate of drug-likeness (QED) is 0.156. The molecule has 1 aromatic carbocycles. The van der Waals surface area contributed by atoms with E-state index in [2.05, 4.69) is 4.74 Å². The number of benzene rings is 1. The van der Waals surface area contributed by atoms with Crippen molar-refractivity contribution >= 4 is 5.97 Å². The smallest absolute Gasteiger partial charge is 0.460 e. The van der Waals surface area contributed by atoms with Crippen LogP contribution in [0.3, 0.4) is 0 Å². The van der Waals surface area contributed by atoms with Crippen LogP contribution in [0, 0.1) is 6.92 Å². The Labute approximate surface area is 257 Å². The van der Waals surface area contributed by atoms with Crippen molar-refractivity contribution in [2.24, 2.45) is 0 Å². The number of ether oxygens (including phenoxy) is 1. The number of hydrogen-bond donors (Lipinski definition) is 0. The van der Waals surface area contributed by atoms with Crippen LogP contribution >= 0.6 is 0 Å². The first kappa shape index (κ1) is 44.9. The van der Waals surface area contributed by atoms with Gasteiger partial charge in [-0.1, -0.05) is 0 Å². The van der Waals surface area contributed by atoms with E-state index in [1.165, 1.54) is 0 Å². The molecule has 1 aromatic rings. The van der Waals surface area contributed by atoms with Gasteiger partial charge in [0.25, 0.3) is 0 Å². The Hall–Kier alpha value is -3.13. The third-order valence-corrected chi connectivity index (χ3v) is 6.40. The number of hydrogen-bond acceptors (Lipinski definition) is 2. The topological polar surface area (TPSA) is 26.3 Å². The van der Waals surface area contributed by atoms with Crippen LogP contribution in [-0.2, 0) is 16.6 Å². The standard InChI is InChI=1S/C22H10F26O2/c1-3-50-10(49)7-5-9(12(25,26)14(29,30)16(33,34)18(37,38)20(41,42)22(46,47)48)8(4-6(7)2)11(23,24)13(27,28)15(31,32)17(35,36)19(39,40)21(43,44)45/h4-5H,3H2,1-2H3. The first-order chi connectivity index (χ1) is 21.5. The normalized spacial score (nSPS) is 15.8. The van der Waals surface area contributed by atoms with Gasteiger partial charge in [0.2, 0.25) is 0 Å². The summed E-state index contributed by atoms with van der Waals surface area (Å²) in [5.74, 6) is -88.5. The zero-order chi connectivity index (χ0) is 40.7. The molecule has 0 radical (unpaired) electrons. The number of rotatable bonds is 12. The first-order valence-electron chi connectivity index (χ1n) is 11.7. The molecule has 0 fully saturated rings. The lowest BCUT2D eigenvalue weighted by atomic mass is 9.82. The molecule has 0 aromatic heterocycles. The van der Waals surface area contributed by atoms with Gasteiger partial charge in [-0.15, -0.1) is 0 Å². The summed E-state index contributed by atoms with van der Waals surface area (Å²) in [6.45, 7) is -0.245. The minimum Gasteiger partial charge on any atom is -0.462 e. The van der Waals surface area contributed by atoms with Gasteiger partial charge in [-0.3, -0.25) is 0 Å². The van der Waals surface area contributed by atoms with Gasteiger partial charge in [0.05, 0.1) is 12.2 Å². The van der Waals surface area contributed by atoms with E-state index in [0.29, 0.717) is 0 Å². The molecule has 0 unspecified atom stereocenters. The zero-order valence-electron chi connectivity index (χ0n) is 23.0. The van der Waals surface area contributed by atoms with Crippen molar-refractivity contribution in [3.63, 3.8) is 0 Å². The predicted molar refractivity (Wildman–Crippen MR) is 107 cm³/mol. The molecule has 0 aliphatic rings. The third-order valence-electron chi connectivity index (χ3n) is 6.40. The van der Waals surface area contributed by atoms with Crippen molar-refractivity contribution in [3.8, 4) is 0 Å². The van der Waals surface area contributed by atoms with Crippen molar-refractivity contribution in [1.82, 2.24) is 0 Å². The Balaban J connectivity index is 4.45. The highest BCUT2D eigenvalue weighted by Crippen LogP contribution is 2.66. The van der Waals surface area contributed by atoms with Gasteiger partial charge >= 0.3 is 77.5 Å². The highest BCUT2D eigenvalue weighted by atomic mass is 19.4. The Bertz CT molecular complexity index is 1430. The van der Waals surface area contributed by atoms with Gasteiger partial charge in [0.1, 0.15) is 0 Å². The fourth-order valence-corrected chi connectivity index (χ4v) is 3.53. The van der Waals surface area contributed by atoms with E-state index in [1.807, 2.05) is 0 Å². The van der Waals surface area contributed by atoms with Crippen LogP contribution in [0.15, 0.2) is 12.1 Å². The zero-order valence-corrected chi connectivity index (χ0v) is 23.0. The molecule has 28 heteroatoms. The summed E-state index contributed by atoms with van der Waals surface area (Å²) in [5, 5.41) is 0. The van der Waals surface area contributed by atoms with Gasteiger partial charge in [-0.2, -0.15) is 114 Å². The molecular formula is C22H10F26O2. The highest BCUT2D eigenvalue weighted by Gasteiger charge is 2.93. The van der Waals surface area contributed by atoms with Gasteiger partial charge in [0, 0.05) is 11.1 Å². The maximum Gasteiger partial charge on any atom is 0.460 e. The van der Waals surface area contributed by atoms with Gasteiger partial charge in [-0.25, -0.2) is 4.79 Å². The summed E-state index contributed by atoms with van der Waals surface area (Å²) in [5.41, 5.74) is -12.5. The van der Waals surface area contributed by atoms with E-state index in [4.69, 9.17) is 0 Å². The van der Waals surface area contributed by atoms with Gasteiger partial charge in [-0.05, 0) is 31.5 Å². The average molecular weight is 800 g/mol. The summed E-state index contributed by atoms with van der Waals surface area (Å²) in [4.78, 5) is 12.0. The summed E-state index contributed by atoms with van der Waals surface area (Å²) in [6.07, 6.45) is -16.1. The Morgan fingerprint density at radius 1 is 0.460 bits per heavy atom. The third kappa shape index (κ3) is 5.81. The fraction of sp³-hybridized carbons (Fsp3) is 0.682. The van der Waals surface area contributed by atoms with Crippen LogP contribution in [0.25, 0.3) is 0 Å². The monoisotopic (exact) mass is 800 g/mol. The molecule has 0 amide bonds. The predicted octanol–water partition coefficient (Wildman–Crippen LogP) is 10.6. The molecule has 0 bridgehead atoms. The number of halogens is 26. The van der Waals surface area contributed by atoms with E-state index in [0.717, 1.165) is 6.92 Å². The number of carbonyl (C=O) groups is 1. The summed E-state index contributed by atoms with van der Waals surface area (Å²) in [7, 11) is 0. The van der Waals surface area contributed by atoms with Crippen molar-refractivity contribution in [1.29, 1.82) is 0 Å². The second-order valence-electron chi connectivity index (χ2n) is 9.67.